The smallest absolute Gasteiger partial charge is 0.350 e. The molecule has 0 unspecified atom stereocenters. The van der Waals surface area contributed by atoms with E-state index in [1.54, 1.807) is 0 Å². The number of hydrogen-bond donors (Lipinski definition) is 2. The molecule has 146 valence electrons. The molecule has 1 saturated heterocycles. The third-order valence-corrected chi connectivity index (χ3v) is 6.24. The van der Waals surface area contributed by atoms with Crippen LogP contribution in [0.15, 0.2) is 15.7 Å². The number of halogens is 2. The SMILES string of the molecule is CN[C@H](C)[C@H]1CCN(c2c(F)cc3c(=O)n(N)c(=O)n(C4CC4)c3c2Cl)C1. The summed E-state index contributed by atoms with van der Waals surface area (Å²) in [5.74, 6) is 5.43. The largest absolute Gasteiger partial charge is 0.368 e. The molecule has 1 aliphatic heterocycles. The van der Waals surface area contributed by atoms with Crippen molar-refractivity contribution < 1.29 is 4.39 Å². The summed E-state index contributed by atoms with van der Waals surface area (Å²) in [6.07, 6.45) is 2.53. The van der Waals surface area contributed by atoms with E-state index in [2.05, 4.69) is 12.2 Å². The quantitative estimate of drug-likeness (QED) is 0.765. The standard InChI is InChI=1S/C18H23ClFN5O2/c1-9(22-2)10-5-6-23(8-10)16-13(20)7-12-15(14(16)19)24(11-3-4-11)18(27)25(21)17(12)26/h7,9-11,22H,3-6,8,21H2,1-2H3/t9-,10+/m1/s1. The van der Waals surface area contributed by atoms with Crippen LogP contribution in [0, 0.1) is 11.7 Å². The van der Waals surface area contributed by atoms with Gasteiger partial charge in [0, 0.05) is 25.2 Å². The Morgan fingerprint density at radius 1 is 1.33 bits per heavy atom. The molecule has 27 heavy (non-hydrogen) atoms. The van der Waals surface area contributed by atoms with Gasteiger partial charge in [0.25, 0.3) is 5.56 Å². The minimum Gasteiger partial charge on any atom is -0.368 e. The van der Waals surface area contributed by atoms with Gasteiger partial charge in [-0.15, -0.1) is 0 Å². The first kappa shape index (κ1) is 18.3. The lowest BCUT2D eigenvalue weighted by Crippen LogP contribution is -2.44. The van der Waals surface area contributed by atoms with Gasteiger partial charge in [0.2, 0.25) is 0 Å². The number of benzene rings is 1. The highest BCUT2D eigenvalue weighted by Crippen LogP contribution is 2.41. The van der Waals surface area contributed by atoms with Crippen molar-refractivity contribution in [3.05, 3.63) is 37.7 Å². The van der Waals surface area contributed by atoms with Gasteiger partial charge in [-0.1, -0.05) is 11.6 Å². The van der Waals surface area contributed by atoms with Crippen LogP contribution in [-0.2, 0) is 0 Å². The topological polar surface area (TPSA) is 85.3 Å². The van der Waals surface area contributed by atoms with Gasteiger partial charge in [0.15, 0.2) is 0 Å². The molecule has 1 aromatic heterocycles. The van der Waals surface area contributed by atoms with E-state index in [0.717, 1.165) is 25.3 Å². The predicted octanol–water partition coefficient (Wildman–Crippen LogP) is 1.44. The summed E-state index contributed by atoms with van der Waals surface area (Å²) >= 11 is 6.62. The summed E-state index contributed by atoms with van der Waals surface area (Å²) in [6.45, 7) is 3.42. The van der Waals surface area contributed by atoms with E-state index in [1.165, 1.54) is 4.57 Å². The number of nitrogens with two attached hydrogens (primary N) is 1. The van der Waals surface area contributed by atoms with Gasteiger partial charge in [-0.2, -0.15) is 4.68 Å². The zero-order valence-corrected chi connectivity index (χ0v) is 16.1. The molecular formula is C18H23ClFN5O2. The number of nitrogen functional groups attached to an aromatic ring is 1. The highest BCUT2D eigenvalue weighted by molar-refractivity contribution is 6.38. The van der Waals surface area contributed by atoms with Crippen LogP contribution in [0.3, 0.4) is 0 Å². The van der Waals surface area contributed by atoms with Gasteiger partial charge in [0.05, 0.1) is 21.6 Å². The van der Waals surface area contributed by atoms with E-state index in [0.29, 0.717) is 29.7 Å². The van der Waals surface area contributed by atoms with Gasteiger partial charge in [-0.25, -0.2) is 9.18 Å². The Kier molecular flexibility index (Phi) is 4.43. The molecule has 2 fully saturated rings. The Hall–Kier alpha value is -2.06. The van der Waals surface area contributed by atoms with Crippen molar-refractivity contribution in [2.45, 2.75) is 38.3 Å². The molecule has 3 N–H and O–H groups in total. The summed E-state index contributed by atoms with van der Waals surface area (Å²) in [6, 6.07) is 1.41. The van der Waals surface area contributed by atoms with Crippen molar-refractivity contribution in [1.29, 1.82) is 0 Å². The lowest BCUT2D eigenvalue weighted by atomic mass is 10.0. The minimum atomic E-state index is -0.734. The molecule has 0 bridgehead atoms. The van der Waals surface area contributed by atoms with E-state index in [1.807, 2.05) is 11.9 Å². The second-order valence-electron chi connectivity index (χ2n) is 7.55. The molecule has 7 nitrogen and oxygen atoms in total. The number of aromatic nitrogens is 2. The highest BCUT2D eigenvalue weighted by atomic mass is 35.5. The second kappa shape index (κ2) is 6.53. The zero-order valence-electron chi connectivity index (χ0n) is 15.3. The molecule has 0 spiro atoms. The van der Waals surface area contributed by atoms with Crippen molar-refractivity contribution in [2.24, 2.45) is 5.92 Å². The second-order valence-corrected chi connectivity index (χ2v) is 7.93. The molecular weight excluding hydrogens is 373 g/mol. The summed E-state index contributed by atoms with van der Waals surface area (Å²) < 4.78 is 17.0. The number of rotatable bonds is 4. The molecule has 1 aromatic carbocycles. The maximum Gasteiger partial charge on any atom is 0.350 e. The molecule has 9 heteroatoms. The van der Waals surface area contributed by atoms with Crippen LogP contribution in [-0.4, -0.2) is 35.4 Å². The maximum atomic E-state index is 15.0. The van der Waals surface area contributed by atoms with E-state index < -0.39 is 17.1 Å². The third-order valence-electron chi connectivity index (χ3n) is 5.89. The number of hydrogen-bond acceptors (Lipinski definition) is 5. The summed E-state index contributed by atoms with van der Waals surface area (Å²) in [7, 11) is 1.91. The zero-order chi connectivity index (χ0) is 19.5. The van der Waals surface area contributed by atoms with Crippen LogP contribution in [0.4, 0.5) is 10.1 Å². The Labute approximate surface area is 160 Å². The van der Waals surface area contributed by atoms with Gasteiger partial charge >= 0.3 is 5.69 Å². The van der Waals surface area contributed by atoms with E-state index in [9.17, 15) is 14.0 Å². The number of nitrogens with one attached hydrogen (secondary N) is 1. The van der Waals surface area contributed by atoms with Crippen LogP contribution in [0.5, 0.6) is 0 Å². The Bertz CT molecular complexity index is 1030. The summed E-state index contributed by atoms with van der Waals surface area (Å²) in [4.78, 5) is 26.9. The van der Waals surface area contributed by atoms with Crippen molar-refractivity contribution >= 4 is 28.2 Å². The van der Waals surface area contributed by atoms with Crippen LogP contribution in [0.1, 0.15) is 32.2 Å². The van der Waals surface area contributed by atoms with Gasteiger partial charge < -0.3 is 16.1 Å². The van der Waals surface area contributed by atoms with Gasteiger partial charge in [0.1, 0.15) is 5.82 Å². The lowest BCUT2D eigenvalue weighted by molar-refractivity contribution is 0.428. The number of anilines is 1. The van der Waals surface area contributed by atoms with Crippen molar-refractivity contribution in [1.82, 2.24) is 14.6 Å². The fourth-order valence-electron chi connectivity index (χ4n) is 4.02. The lowest BCUT2D eigenvalue weighted by Gasteiger charge is -2.24. The Balaban J connectivity index is 1.91. The average Bonchev–Trinajstić information content (AvgIpc) is 3.37. The fraction of sp³-hybridized carbons (Fsp3) is 0.556. The Morgan fingerprint density at radius 2 is 2.04 bits per heavy atom. The van der Waals surface area contributed by atoms with E-state index in [-0.39, 0.29) is 27.7 Å². The van der Waals surface area contributed by atoms with Gasteiger partial charge in [-0.05, 0) is 45.2 Å². The summed E-state index contributed by atoms with van der Waals surface area (Å²) in [5.41, 5.74) is -0.796. The first-order valence-electron chi connectivity index (χ1n) is 9.21. The van der Waals surface area contributed by atoms with Crippen LogP contribution in [0.25, 0.3) is 10.9 Å². The van der Waals surface area contributed by atoms with E-state index >= 15 is 0 Å². The van der Waals surface area contributed by atoms with Crippen LogP contribution < -0.4 is 27.3 Å². The minimum absolute atomic E-state index is 0.0367. The normalized spacial score (nSPS) is 21.2. The molecule has 2 atom stereocenters. The molecule has 0 radical (unpaired) electrons. The fourth-order valence-corrected chi connectivity index (χ4v) is 4.42. The molecule has 1 aliphatic carbocycles. The van der Waals surface area contributed by atoms with E-state index in [4.69, 9.17) is 17.4 Å². The Morgan fingerprint density at radius 3 is 2.67 bits per heavy atom. The van der Waals surface area contributed by atoms with Crippen LogP contribution >= 0.6 is 11.6 Å². The van der Waals surface area contributed by atoms with Crippen LogP contribution in [0.2, 0.25) is 5.02 Å². The molecule has 2 aliphatic rings. The maximum absolute atomic E-state index is 15.0. The summed E-state index contributed by atoms with van der Waals surface area (Å²) in [5, 5.41) is 3.39. The predicted molar refractivity (Wildman–Crippen MR) is 105 cm³/mol. The van der Waals surface area contributed by atoms with Crippen molar-refractivity contribution in [3.63, 3.8) is 0 Å². The average molecular weight is 396 g/mol. The van der Waals surface area contributed by atoms with Crippen molar-refractivity contribution in [3.8, 4) is 0 Å². The first-order chi connectivity index (χ1) is 12.8. The molecule has 1 saturated carbocycles. The highest BCUT2D eigenvalue weighted by Gasteiger charge is 2.33. The molecule has 2 aromatic rings. The number of fused-ring (bicyclic) bond motifs is 1. The number of nitrogens with zero attached hydrogens (tertiary/aromatic N) is 3. The first-order valence-corrected chi connectivity index (χ1v) is 9.59. The molecule has 2 heterocycles. The van der Waals surface area contributed by atoms with Gasteiger partial charge in [-0.3, -0.25) is 9.36 Å². The van der Waals surface area contributed by atoms with Crippen molar-refractivity contribution in [2.75, 3.05) is 30.9 Å². The monoisotopic (exact) mass is 395 g/mol. The molecule has 4 rings (SSSR count). The molecule has 0 amide bonds. The third kappa shape index (κ3) is 2.82.